The largest absolute Gasteiger partial charge is 0.327 e. The van der Waals surface area contributed by atoms with Crippen LogP contribution in [0.4, 0.5) is 17.6 Å². The lowest BCUT2D eigenvalue weighted by atomic mass is 10.1. The smallest absolute Gasteiger partial charge is 0.268 e. The molecule has 1 atom stereocenters. The number of hydrogen-bond acceptors (Lipinski definition) is 7. The highest BCUT2D eigenvalue weighted by molar-refractivity contribution is 6.00. The molecule has 0 spiro atoms. The number of anilines is 3. The van der Waals surface area contributed by atoms with Gasteiger partial charge in [-0.05, 0) is 70.0 Å². The van der Waals surface area contributed by atoms with E-state index < -0.39 is 0 Å². The number of amides is 1. The number of hydrogen-bond donors (Lipinski definition) is 2. The summed E-state index contributed by atoms with van der Waals surface area (Å²) < 4.78 is 1.82. The van der Waals surface area contributed by atoms with E-state index in [0.717, 1.165) is 62.4 Å². The first-order valence-corrected chi connectivity index (χ1v) is 13.0. The fourth-order valence-electron chi connectivity index (χ4n) is 5.48. The predicted molar refractivity (Wildman–Crippen MR) is 133 cm³/mol. The van der Waals surface area contributed by atoms with Crippen LogP contribution in [-0.2, 0) is 4.79 Å². The lowest BCUT2D eigenvalue weighted by Crippen LogP contribution is -2.40. The standard InChI is InChI=1S/C25H31N9O/c35-24(26-17-4-1-11-32(15-17)18-9-10-18)21-6-2-12-33(21)25-28-23(20-5-3-13-34(20)31-25)27-22-14-19(29-30-22)16-7-8-16/h3,5,13-14,16,18,21H,1-2,4,6-12,15H2,(H2,27,28,29,30,31). The quantitative estimate of drug-likeness (QED) is 0.566. The van der Waals surface area contributed by atoms with Crippen molar-refractivity contribution < 1.29 is 4.79 Å². The number of nitrogens with one attached hydrogen (secondary N) is 2. The third-order valence-corrected chi connectivity index (χ3v) is 7.66. The molecule has 10 heteroatoms. The highest BCUT2D eigenvalue weighted by atomic mass is 16.1. The Bertz CT molecular complexity index is 1290. The summed E-state index contributed by atoms with van der Waals surface area (Å²) in [5, 5.41) is 15.7. The SMILES string of the molecule is O=C(N=C1CCCN(C2CC2)C1)C1CCCN1c1nc(Nc2cc(C3CC3)[nH]n2)c2cccn2n1. The maximum absolute atomic E-state index is 13.3. The fourth-order valence-corrected chi connectivity index (χ4v) is 5.48. The molecule has 10 nitrogen and oxygen atoms in total. The molecule has 1 amide bonds. The van der Waals surface area contributed by atoms with Crippen molar-refractivity contribution in [2.24, 2.45) is 4.99 Å². The molecule has 0 radical (unpaired) electrons. The number of nitrogens with zero attached hydrogens (tertiary/aromatic N) is 7. The van der Waals surface area contributed by atoms with E-state index in [2.05, 4.69) is 31.5 Å². The first kappa shape index (κ1) is 21.0. The molecule has 1 unspecified atom stereocenters. The van der Waals surface area contributed by atoms with Crippen LogP contribution in [0.15, 0.2) is 29.4 Å². The van der Waals surface area contributed by atoms with Crippen molar-refractivity contribution in [1.29, 1.82) is 0 Å². The summed E-state index contributed by atoms with van der Waals surface area (Å²) in [6, 6.07) is 6.39. The van der Waals surface area contributed by atoms with Gasteiger partial charge in [-0.2, -0.15) is 10.1 Å². The van der Waals surface area contributed by atoms with Crippen molar-refractivity contribution >= 4 is 34.7 Å². The highest BCUT2D eigenvalue weighted by Gasteiger charge is 2.35. The first-order chi connectivity index (χ1) is 17.2. The lowest BCUT2D eigenvalue weighted by molar-refractivity contribution is -0.118. The molecule has 4 aliphatic rings. The van der Waals surface area contributed by atoms with E-state index in [1.165, 1.54) is 31.4 Å². The highest BCUT2D eigenvalue weighted by Crippen LogP contribution is 2.40. The number of H-pyrrole nitrogens is 1. The number of rotatable bonds is 6. The number of carbonyl (C=O) groups is 1. The monoisotopic (exact) mass is 473 g/mol. The second-order valence-corrected chi connectivity index (χ2v) is 10.4. The van der Waals surface area contributed by atoms with E-state index in [4.69, 9.17) is 10.1 Å². The van der Waals surface area contributed by atoms with Gasteiger partial charge in [0.1, 0.15) is 11.6 Å². The van der Waals surface area contributed by atoms with E-state index in [0.29, 0.717) is 23.7 Å². The molecule has 2 saturated carbocycles. The zero-order chi connectivity index (χ0) is 23.4. The van der Waals surface area contributed by atoms with Gasteiger partial charge in [-0.15, -0.1) is 5.10 Å². The Morgan fingerprint density at radius 2 is 2.06 bits per heavy atom. The maximum atomic E-state index is 13.3. The molecule has 0 aromatic carbocycles. The van der Waals surface area contributed by atoms with Gasteiger partial charge in [0, 0.05) is 48.7 Å². The third kappa shape index (κ3) is 4.20. The van der Waals surface area contributed by atoms with Crippen molar-refractivity contribution in [3.8, 4) is 0 Å². The van der Waals surface area contributed by atoms with Crippen molar-refractivity contribution in [3.05, 3.63) is 30.1 Å². The average molecular weight is 474 g/mol. The van der Waals surface area contributed by atoms with E-state index >= 15 is 0 Å². The molecule has 3 aromatic heterocycles. The van der Waals surface area contributed by atoms with Crippen LogP contribution >= 0.6 is 0 Å². The Balaban J connectivity index is 1.14. The van der Waals surface area contributed by atoms with Crippen molar-refractivity contribution in [2.75, 3.05) is 29.9 Å². The summed E-state index contributed by atoms with van der Waals surface area (Å²) in [4.78, 5) is 27.3. The number of fused-ring (bicyclic) bond motifs is 1. The Labute approximate surface area is 203 Å². The van der Waals surface area contributed by atoms with Gasteiger partial charge in [0.05, 0.1) is 0 Å². The summed E-state index contributed by atoms with van der Waals surface area (Å²) in [6.45, 7) is 2.72. The molecule has 0 bridgehead atoms. The number of piperidine rings is 1. The molecule has 2 N–H and O–H groups in total. The van der Waals surface area contributed by atoms with Crippen LogP contribution < -0.4 is 10.2 Å². The number of aromatic amines is 1. The molecule has 35 heavy (non-hydrogen) atoms. The number of aromatic nitrogens is 5. The number of aliphatic imine (C=N–C) groups is 1. The maximum Gasteiger partial charge on any atom is 0.268 e. The van der Waals surface area contributed by atoms with Crippen molar-refractivity contribution in [2.45, 2.75) is 69.4 Å². The van der Waals surface area contributed by atoms with Crippen LogP contribution in [0.3, 0.4) is 0 Å². The first-order valence-electron chi connectivity index (χ1n) is 13.0. The molecule has 3 aromatic rings. The Kier molecular flexibility index (Phi) is 5.08. The summed E-state index contributed by atoms with van der Waals surface area (Å²) in [5.74, 6) is 2.53. The minimum atomic E-state index is -0.313. The van der Waals surface area contributed by atoms with E-state index in [-0.39, 0.29) is 11.9 Å². The van der Waals surface area contributed by atoms with Crippen LogP contribution in [0.25, 0.3) is 5.52 Å². The molecule has 4 fully saturated rings. The van der Waals surface area contributed by atoms with Crippen LogP contribution in [0.2, 0.25) is 0 Å². The molecule has 2 aliphatic carbocycles. The second kappa shape index (κ2) is 8.44. The van der Waals surface area contributed by atoms with Crippen LogP contribution in [0.5, 0.6) is 0 Å². The minimum Gasteiger partial charge on any atom is -0.327 e. The average Bonchev–Trinajstić information content (AvgIpc) is 3.74. The Hall–Kier alpha value is -3.27. The third-order valence-electron chi connectivity index (χ3n) is 7.66. The Morgan fingerprint density at radius 3 is 2.91 bits per heavy atom. The lowest BCUT2D eigenvalue weighted by Gasteiger charge is -2.28. The van der Waals surface area contributed by atoms with Gasteiger partial charge < -0.3 is 10.2 Å². The van der Waals surface area contributed by atoms with Gasteiger partial charge in [-0.1, -0.05) is 0 Å². The van der Waals surface area contributed by atoms with Crippen molar-refractivity contribution in [3.63, 3.8) is 0 Å². The Morgan fingerprint density at radius 1 is 1.14 bits per heavy atom. The zero-order valence-corrected chi connectivity index (χ0v) is 19.9. The molecular formula is C25H31N9O. The molecule has 5 heterocycles. The van der Waals surface area contributed by atoms with Gasteiger partial charge in [0.2, 0.25) is 5.95 Å². The molecule has 2 saturated heterocycles. The number of likely N-dealkylation sites (tertiary alicyclic amines) is 1. The van der Waals surface area contributed by atoms with Gasteiger partial charge in [0.15, 0.2) is 11.6 Å². The molecule has 182 valence electrons. The van der Waals surface area contributed by atoms with Gasteiger partial charge in [-0.25, -0.2) is 9.51 Å². The zero-order valence-electron chi connectivity index (χ0n) is 19.9. The van der Waals surface area contributed by atoms with Gasteiger partial charge in [0.25, 0.3) is 5.91 Å². The van der Waals surface area contributed by atoms with E-state index in [1.54, 1.807) is 0 Å². The summed E-state index contributed by atoms with van der Waals surface area (Å²) in [6.07, 6.45) is 10.6. The van der Waals surface area contributed by atoms with Crippen LogP contribution in [0.1, 0.15) is 63.0 Å². The second-order valence-electron chi connectivity index (χ2n) is 10.4. The summed E-state index contributed by atoms with van der Waals surface area (Å²) >= 11 is 0. The summed E-state index contributed by atoms with van der Waals surface area (Å²) in [7, 11) is 0. The van der Waals surface area contributed by atoms with Gasteiger partial charge >= 0.3 is 0 Å². The number of carbonyl (C=O) groups excluding carboxylic acids is 1. The fraction of sp³-hybridized carbons (Fsp3) is 0.560. The van der Waals surface area contributed by atoms with Crippen LogP contribution in [0, 0.1) is 0 Å². The molecule has 2 aliphatic heterocycles. The topological polar surface area (TPSA) is 107 Å². The molecule has 7 rings (SSSR count). The van der Waals surface area contributed by atoms with E-state index in [1.807, 2.05) is 27.7 Å². The van der Waals surface area contributed by atoms with Crippen LogP contribution in [-0.4, -0.2) is 73.0 Å². The van der Waals surface area contributed by atoms with Crippen molar-refractivity contribution in [1.82, 2.24) is 29.7 Å². The summed E-state index contributed by atoms with van der Waals surface area (Å²) in [5.41, 5.74) is 3.07. The van der Waals surface area contributed by atoms with Gasteiger partial charge in [-0.3, -0.25) is 14.8 Å². The normalized spacial score (nSPS) is 24.5. The van der Waals surface area contributed by atoms with E-state index in [9.17, 15) is 4.79 Å². The predicted octanol–water partition coefficient (Wildman–Crippen LogP) is 3.27. The molecular weight excluding hydrogens is 442 g/mol. The minimum absolute atomic E-state index is 0.0535.